The fourth-order valence-electron chi connectivity index (χ4n) is 3.09. The second-order valence-electron chi connectivity index (χ2n) is 5.77. The third-order valence-electron chi connectivity index (χ3n) is 4.42. The van der Waals surface area contributed by atoms with Gasteiger partial charge in [-0.05, 0) is 38.5 Å². The lowest BCUT2D eigenvalue weighted by atomic mass is 9.83. The average Bonchev–Trinajstić information content (AvgIpc) is 2.91. The van der Waals surface area contributed by atoms with Crippen LogP contribution in [0.1, 0.15) is 51.9 Å². The minimum Gasteiger partial charge on any atom is -0.411 e. The zero-order valence-electron chi connectivity index (χ0n) is 9.92. The Morgan fingerprint density at radius 3 is 2.62 bits per heavy atom. The Hall–Kier alpha value is -0.210. The molecule has 0 spiro atoms. The van der Waals surface area contributed by atoms with E-state index in [1.165, 1.54) is 44.9 Å². The van der Waals surface area contributed by atoms with Gasteiger partial charge in [0.05, 0.1) is 16.6 Å². The van der Waals surface area contributed by atoms with Crippen molar-refractivity contribution >= 4 is 11.6 Å². The van der Waals surface area contributed by atoms with Crippen LogP contribution in [-0.2, 0) is 4.84 Å². The van der Waals surface area contributed by atoms with Gasteiger partial charge < -0.3 is 4.84 Å². The second kappa shape index (κ2) is 3.92. The van der Waals surface area contributed by atoms with Crippen LogP contribution in [0.15, 0.2) is 11.3 Å². The summed E-state index contributed by atoms with van der Waals surface area (Å²) in [6, 6.07) is 0.342. The first-order chi connectivity index (χ1) is 7.71. The van der Waals surface area contributed by atoms with Crippen LogP contribution in [0.4, 0.5) is 0 Å². The number of halogens is 1. The highest BCUT2D eigenvalue weighted by atomic mass is 35.5. The summed E-state index contributed by atoms with van der Waals surface area (Å²) in [7, 11) is 0. The highest BCUT2D eigenvalue weighted by Crippen LogP contribution is 2.49. The summed E-state index contributed by atoms with van der Waals surface area (Å²) in [5.41, 5.74) is 0.259. The van der Waals surface area contributed by atoms with E-state index in [4.69, 9.17) is 16.4 Å². The van der Waals surface area contributed by atoms with E-state index in [1.807, 2.05) is 0 Å². The van der Waals surface area contributed by atoms with E-state index in [0.717, 1.165) is 5.03 Å². The van der Waals surface area contributed by atoms with Crippen molar-refractivity contribution in [1.29, 1.82) is 0 Å². The van der Waals surface area contributed by atoms with Crippen LogP contribution in [0.5, 0.6) is 0 Å². The first-order valence-corrected chi connectivity index (χ1v) is 6.90. The molecule has 0 N–H and O–H groups in total. The topological polar surface area (TPSA) is 12.5 Å². The molecule has 2 saturated carbocycles. The molecule has 0 aromatic carbocycles. The summed E-state index contributed by atoms with van der Waals surface area (Å²) in [5.74, 6) is 0.706. The van der Waals surface area contributed by atoms with Gasteiger partial charge >= 0.3 is 0 Å². The monoisotopic (exact) mass is 241 g/mol. The summed E-state index contributed by atoms with van der Waals surface area (Å²) >= 11 is 6.33. The van der Waals surface area contributed by atoms with E-state index in [2.05, 4.69) is 12.0 Å². The van der Waals surface area contributed by atoms with E-state index >= 15 is 0 Å². The van der Waals surface area contributed by atoms with Gasteiger partial charge in [-0.2, -0.15) is 0 Å². The van der Waals surface area contributed by atoms with Crippen molar-refractivity contribution in [2.45, 2.75) is 63.5 Å². The molecule has 0 saturated heterocycles. The fourth-order valence-corrected chi connectivity index (χ4v) is 3.39. The van der Waals surface area contributed by atoms with Crippen molar-refractivity contribution in [1.82, 2.24) is 5.06 Å². The van der Waals surface area contributed by atoms with Crippen LogP contribution in [0.2, 0.25) is 0 Å². The lowest BCUT2D eigenvalue weighted by molar-refractivity contribution is -0.157. The third kappa shape index (κ3) is 1.76. The van der Waals surface area contributed by atoms with Gasteiger partial charge in [0.15, 0.2) is 0 Å². The second-order valence-corrected chi connectivity index (χ2v) is 6.21. The van der Waals surface area contributed by atoms with Crippen LogP contribution in [-0.4, -0.2) is 16.6 Å². The molecule has 0 amide bonds. The summed E-state index contributed by atoms with van der Waals surface area (Å²) in [5, 5.41) is 3.10. The van der Waals surface area contributed by atoms with Gasteiger partial charge in [-0.3, -0.25) is 0 Å². The maximum Gasteiger partial charge on any atom is 0.127 e. The van der Waals surface area contributed by atoms with Gasteiger partial charge in [0.1, 0.15) is 6.26 Å². The van der Waals surface area contributed by atoms with Crippen LogP contribution in [0, 0.1) is 5.92 Å². The van der Waals surface area contributed by atoms with Crippen LogP contribution in [0.25, 0.3) is 0 Å². The Morgan fingerprint density at radius 2 is 2.00 bits per heavy atom. The number of hydrogen-bond acceptors (Lipinski definition) is 2. The summed E-state index contributed by atoms with van der Waals surface area (Å²) in [6.07, 6.45) is 11.0. The van der Waals surface area contributed by atoms with Crippen molar-refractivity contribution in [3.8, 4) is 0 Å². The quantitative estimate of drug-likeness (QED) is 0.729. The first kappa shape index (κ1) is 10.9. The van der Waals surface area contributed by atoms with Crippen molar-refractivity contribution in [2.75, 3.05) is 0 Å². The summed E-state index contributed by atoms with van der Waals surface area (Å²) in [6.45, 7) is 2.28. The van der Waals surface area contributed by atoms with Crippen LogP contribution in [0.3, 0.4) is 0 Å². The van der Waals surface area contributed by atoms with E-state index in [-0.39, 0.29) is 5.54 Å². The van der Waals surface area contributed by atoms with Gasteiger partial charge in [0.25, 0.3) is 0 Å². The molecule has 0 aromatic rings. The molecule has 1 unspecified atom stereocenters. The Balaban J connectivity index is 1.76. The molecule has 16 heavy (non-hydrogen) atoms. The molecule has 0 radical (unpaired) electrons. The fraction of sp³-hybridized carbons (Fsp3) is 0.846. The molecule has 0 bridgehead atoms. The third-order valence-corrected chi connectivity index (χ3v) is 4.73. The normalized spacial score (nSPS) is 34.6. The van der Waals surface area contributed by atoms with Crippen LogP contribution < -0.4 is 0 Å². The SMILES string of the molecule is CC1(N2OC=C(Cl)C2C2CCCCC2)CC1. The lowest BCUT2D eigenvalue weighted by Crippen LogP contribution is -2.44. The van der Waals surface area contributed by atoms with E-state index in [1.54, 1.807) is 6.26 Å². The molecular weight excluding hydrogens is 222 g/mol. The minimum atomic E-state index is 0.259. The predicted octanol–water partition coefficient (Wildman–Crippen LogP) is 3.82. The summed E-state index contributed by atoms with van der Waals surface area (Å²) in [4.78, 5) is 5.70. The Morgan fingerprint density at radius 1 is 1.31 bits per heavy atom. The minimum absolute atomic E-state index is 0.259. The maximum atomic E-state index is 6.33. The Labute approximate surface area is 103 Å². The molecule has 2 aliphatic carbocycles. The molecule has 90 valence electrons. The van der Waals surface area contributed by atoms with Gasteiger partial charge in [-0.15, -0.1) is 5.06 Å². The average molecular weight is 242 g/mol. The molecule has 1 aliphatic heterocycles. The molecule has 0 aromatic heterocycles. The number of rotatable bonds is 2. The Kier molecular flexibility index (Phi) is 2.67. The largest absolute Gasteiger partial charge is 0.411 e. The van der Waals surface area contributed by atoms with Crippen molar-refractivity contribution < 1.29 is 4.84 Å². The van der Waals surface area contributed by atoms with Crippen molar-refractivity contribution in [2.24, 2.45) is 5.92 Å². The number of hydrogen-bond donors (Lipinski definition) is 0. The van der Waals surface area contributed by atoms with Gasteiger partial charge in [-0.1, -0.05) is 30.9 Å². The molecule has 3 rings (SSSR count). The number of hydroxylamine groups is 2. The van der Waals surface area contributed by atoms with E-state index < -0.39 is 0 Å². The molecule has 3 heteroatoms. The molecule has 1 atom stereocenters. The maximum absolute atomic E-state index is 6.33. The predicted molar refractivity (Wildman–Crippen MR) is 64.9 cm³/mol. The van der Waals surface area contributed by atoms with Gasteiger partial charge in [0, 0.05) is 0 Å². The zero-order chi connectivity index (χ0) is 11.2. The molecule has 2 nitrogen and oxygen atoms in total. The molecule has 1 heterocycles. The smallest absolute Gasteiger partial charge is 0.127 e. The summed E-state index contributed by atoms with van der Waals surface area (Å²) < 4.78 is 0. The highest BCUT2D eigenvalue weighted by molar-refractivity contribution is 6.30. The van der Waals surface area contributed by atoms with Crippen molar-refractivity contribution in [3.63, 3.8) is 0 Å². The molecule has 3 aliphatic rings. The molecule has 2 fully saturated rings. The van der Waals surface area contributed by atoms with Gasteiger partial charge in [0.2, 0.25) is 0 Å². The highest BCUT2D eigenvalue weighted by Gasteiger charge is 2.52. The van der Waals surface area contributed by atoms with Crippen molar-refractivity contribution in [3.05, 3.63) is 11.3 Å². The number of nitrogens with zero attached hydrogens (tertiary/aromatic N) is 1. The Bertz CT molecular complexity index is 305. The standard InChI is InChI=1S/C13H20ClNO/c1-13(7-8-13)15-12(11(14)9-16-15)10-5-3-2-4-6-10/h9-10,12H,2-8H2,1H3. The van der Waals surface area contributed by atoms with Gasteiger partial charge in [-0.25, -0.2) is 0 Å². The molecular formula is C13H20ClNO. The zero-order valence-corrected chi connectivity index (χ0v) is 10.7. The van der Waals surface area contributed by atoms with E-state index in [9.17, 15) is 0 Å². The first-order valence-electron chi connectivity index (χ1n) is 6.52. The van der Waals surface area contributed by atoms with E-state index in [0.29, 0.717) is 12.0 Å². The lowest BCUT2D eigenvalue weighted by Gasteiger charge is -2.36. The van der Waals surface area contributed by atoms with Crippen LogP contribution >= 0.6 is 11.6 Å².